The molecular weight excluding hydrogens is 344 g/mol. The van der Waals surface area contributed by atoms with Crippen LogP contribution in [0.25, 0.3) is 10.8 Å². The maximum Gasteiger partial charge on any atom is 0.359 e. The summed E-state index contributed by atoms with van der Waals surface area (Å²) in [6, 6.07) is 14.6. The van der Waals surface area contributed by atoms with E-state index in [0.717, 1.165) is 17.7 Å². The number of hydrogen-bond donors (Lipinski definition) is 0. The van der Waals surface area contributed by atoms with E-state index >= 15 is 0 Å². The molecule has 3 aromatic rings. The Bertz CT molecular complexity index is 993. The van der Waals surface area contributed by atoms with Gasteiger partial charge in [-0.15, -0.1) is 0 Å². The number of esters is 1. The van der Waals surface area contributed by atoms with Crippen LogP contribution < -0.4 is 10.3 Å². The van der Waals surface area contributed by atoms with Gasteiger partial charge in [0, 0.05) is 18.4 Å². The molecule has 0 aliphatic carbocycles. The highest BCUT2D eigenvalue weighted by molar-refractivity contribution is 6.02. The molecule has 0 radical (unpaired) electrons. The Kier molecular flexibility index (Phi) is 5.86. The molecule has 0 spiro atoms. The smallest absolute Gasteiger partial charge is 0.359 e. The topological polar surface area (TPSA) is 70.4 Å². The zero-order valence-electron chi connectivity index (χ0n) is 15.5. The van der Waals surface area contributed by atoms with Crippen molar-refractivity contribution in [2.45, 2.75) is 26.3 Å². The average molecular weight is 366 g/mol. The Balaban J connectivity index is 1.78. The monoisotopic (exact) mass is 366 g/mol. The summed E-state index contributed by atoms with van der Waals surface area (Å²) >= 11 is 0. The summed E-state index contributed by atoms with van der Waals surface area (Å²) in [5.74, 6) is 0.258. The summed E-state index contributed by atoms with van der Waals surface area (Å²) in [7, 11) is 1.62. The van der Waals surface area contributed by atoms with E-state index in [2.05, 4.69) is 5.10 Å². The lowest BCUT2D eigenvalue weighted by Gasteiger charge is -2.10. The second-order valence-corrected chi connectivity index (χ2v) is 6.16. The first kappa shape index (κ1) is 18.6. The van der Waals surface area contributed by atoms with Crippen LogP contribution in [0.5, 0.6) is 5.75 Å². The van der Waals surface area contributed by atoms with Crippen LogP contribution in [-0.4, -0.2) is 29.5 Å². The highest BCUT2D eigenvalue weighted by Crippen LogP contribution is 2.15. The van der Waals surface area contributed by atoms with Gasteiger partial charge in [0.1, 0.15) is 5.75 Å². The maximum atomic E-state index is 12.6. The van der Waals surface area contributed by atoms with Gasteiger partial charge in [0.05, 0.1) is 19.1 Å². The van der Waals surface area contributed by atoms with Crippen molar-refractivity contribution in [2.24, 2.45) is 0 Å². The fourth-order valence-electron chi connectivity index (χ4n) is 2.87. The molecular formula is C21H22N2O4. The molecule has 2 aromatic carbocycles. The zero-order valence-corrected chi connectivity index (χ0v) is 15.5. The van der Waals surface area contributed by atoms with Crippen molar-refractivity contribution in [3.63, 3.8) is 0 Å². The van der Waals surface area contributed by atoms with E-state index in [0.29, 0.717) is 23.7 Å². The molecule has 0 atom stereocenters. The van der Waals surface area contributed by atoms with E-state index in [1.54, 1.807) is 31.4 Å². The van der Waals surface area contributed by atoms with E-state index in [1.165, 1.54) is 4.68 Å². The van der Waals surface area contributed by atoms with Gasteiger partial charge in [-0.2, -0.15) is 5.10 Å². The van der Waals surface area contributed by atoms with Crippen molar-refractivity contribution < 1.29 is 14.3 Å². The molecule has 0 aliphatic heterocycles. The molecule has 27 heavy (non-hydrogen) atoms. The van der Waals surface area contributed by atoms with Crippen molar-refractivity contribution in [3.05, 3.63) is 70.1 Å². The van der Waals surface area contributed by atoms with Crippen molar-refractivity contribution in [1.29, 1.82) is 0 Å². The summed E-state index contributed by atoms with van der Waals surface area (Å²) in [5.41, 5.74) is 1.02. The molecule has 0 saturated carbocycles. The van der Waals surface area contributed by atoms with Crippen LogP contribution in [0.15, 0.2) is 53.3 Å². The lowest BCUT2D eigenvalue weighted by atomic mass is 10.1. The predicted molar refractivity (Wildman–Crippen MR) is 103 cm³/mol. The van der Waals surface area contributed by atoms with Gasteiger partial charge < -0.3 is 9.47 Å². The molecule has 1 heterocycles. The lowest BCUT2D eigenvalue weighted by Crippen LogP contribution is -2.26. The maximum absolute atomic E-state index is 12.6. The Morgan fingerprint density at radius 1 is 1.07 bits per heavy atom. The van der Waals surface area contributed by atoms with Gasteiger partial charge in [-0.25, -0.2) is 9.48 Å². The molecule has 140 valence electrons. The molecule has 0 unspecified atom stereocenters. The van der Waals surface area contributed by atoms with Gasteiger partial charge >= 0.3 is 5.97 Å². The highest BCUT2D eigenvalue weighted by atomic mass is 16.5. The largest absolute Gasteiger partial charge is 0.497 e. The molecule has 0 fully saturated rings. The highest BCUT2D eigenvalue weighted by Gasteiger charge is 2.17. The van der Waals surface area contributed by atoms with E-state index in [4.69, 9.17) is 9.47 Å². The number of carbonyl (C=O) groups is 1. The second-order valence-electron chi connectivity index (χ2n) is 6.16. The quantitative estimate of drug-likeness (QED) is 0.601. The Morgan fingerprint density at radius 2 is 1.78 bits per heavy atom. The molecule has 6 heteroatoms. The zero-order chi connectivity index (χ0) is 19.2. The standard InChI is InChI=1S/C21H22N2O4/c1-3-13-23-20(24)18-7-5-4-6-17(18)19(22-23)21(25)27-14-12-15-8-10-16(26-2)11-9-15/h4-11H,3,12-14H2,1-2H3. The van der Waals surface area contributed by atoms with Gasteiger partial charge in [0.2, 0.25) is 0 Å². The molecule has 1 aromatic heterocycles. The number of methoxy groups -OCH3 is 1. The molecule has 6 nitrogen and oxygen atoms in total. The van der Waals surface area contributed by atoms with Crippen LogP contribution in [0.1, 0.15) is 29.4 Å². The van der Waals surface area contributed by atoms with Crippen molar-refractivity contribution in [2.75, 3.05) is 13.7 Å². The fourth-order valence-corrected chi connectivity index (χ4v) is 2.87. The Hall–Kier alpha value is -3.15. The normalized spacial score (nSPS) is 10.7. The number of nitrogens with zero attached hydrogens (tertiary/aromatic N) is 2. The first-order valence-corrected chi connectivity index (χ1v) is 8.94. The summed E-state index contributed by atoms with van der Waals surface area (Å²) in [6.45, 7) is 2.64. The molecule has 0 aliphatic rings. The minimum absolute atomic E-state index is 0.174. The molecule has 0 amide bonds. The van der Waals surface area contributed by atoms with Crippen LogP contribution in [0.4, 0.5) is 0 Å². The third-order valence-electron chi connectivity index (χ3n) is 4.28. The fraction of sp³-hybridized carbons (Fsp3) is 0.286. The minimum atomic E-state index is -0.524. The van der Waals surface area contributed by atoms with Gasteiger partial charge in [-0.1, -0.05) is 37.3 Å². The minimum Gasteiger partial charge on any atom is -0.497 e. The van der Waals surface area contributed by atoms with Crippen molar-refractivity contribution in [3.8, 4) is 5.75 Å². The third-order valence-corrected chi connectivity index (χ3v) is 4.28. The van der Waals surface area contributed by atoms with Crippen LogP contribution in [0.2, 0.25) is 0 Å². The lowest BCUT2D eigenvalue weighted by molar-refractivity contribution is 0.0502. The first-order valence-electron chi connectivity index (χ1n) is 8.94. The van der Waals surface area contributed by atoms with Crippen LogP contribution in [0, 0.1) is 0 Å². The number of benzene rings is 2. The van der Waals surface area contributed by atoms with Crippen LogP contribution >= 0.6 is 0 Å². The second kappa shape index (κ2) is 8.49. The average Bonchev–Trinajstić information content (AvgIpc) is 2.70. The van der Waals surface area contributed by atoms with Crippen molar-refractivity contribution >= 4 is 16.7 Å². The van der Waals surface area contributed by atoms with Gasteiger partial charge in [0.25, 0.3) is 5.56 Å². The first-order chi connectivity index (χ1) is 13.1. The number of fused-ring (bicyclic) bond motifs is 1. The molecule has 0 saturated heterocycles. The summed E-state index contributed by atoms with van der Waals surface area (Å²) in [6.07, 6.45) is 1.33. The van der Waals surface area contributed by atoms with E-state index in [-0.39, 0.29) is 17.9 Å². The van der Waals surface area contributed by atoms with Crippen LogP contribution in [0.3, 0.4) is 0 Å². The number of hydrogen-bond acceptors (Lipinski definition) is 5. The molecule has 0 N–H and O–H groups in total. The summed E-state index contributed by atoms with van der Waals surface area (Å²) in [4.78, 5) is 25.1. The molecule has 0 bridgehead atoms. The number of carbonyl (C=O) groups excluding carboxylic acids is 1. The van der Waals surface area contributed by atoms with Crippen LogP contribution in [-0.2, 0) is 17.7 Å². The Morgan fingerprint density at radius 3 is 2.44 bits per heavy atom. The van der Waals surface area contributed by atoms with Gasteiger partial charge in [-0.05, 0) is 30.2 Å². The number of aryl methyl sites for hydroxylation is 1. The van der Waals surface area contributed by atoms with Gasteiger partial charge in [0.15, 0.2) is 5.69 Å². The Labute approximate surface area is 157 Å². The molecule has 3 rings (SSSR count). The van der Waals surface area contributed by atoms with E-state index in [1.807, 2.05) is 31.2 Å². The van der Waals surface area contributed by atoms with E-state index < -0.39 is 5.97 Å². The SMILES string of the molecule is CCCn1nc(C(=O)OCCc2ccc(OC)cc2)c2ccccc2c1=O. The number of ether oxygens (including phenoxy) is 2. The third kappa shape index (κ3) is 4.16. The van der Waals surface area contributed by atoms with Crippen molar-refractivity contribution in [1.82, 2.24) is 9.78 Å². The van der Waals surface area contributed by atoms with E-state index in [9.17, 15) is 9.59 Å². The summed E-state index contributed by atoms with van der Waals surface area (Å²) < 4.78 is 11.9. The summed E-state index contributed by atoms with van der Waals surface area (Å²) in [5, 5.41) is 5.24. The number of rotatable bonds is 7. The number of aromatic nitrogens is 2. The van der Waals surface area contributed by atoms with Gasteiger partial charge in [-0.3, -0.25) is 4.79 Å². The predicted octanol–water partition coefficient (Wildman–Crippen LogP) is 3.21.